The van der Waals surface area contributed by atoms with Crippen molar-refractivity contribution in [2.45, 2.75) is 45.7 Å². The second-order valence-corrected chi connectivity index (χ2v) is 5.64. The Balaban J connectivity index is 1.73. The monoisotopic (exact) mass is 278 g/mol. The van der Waals surface area contributed by atoms with Gasteiger partial charge in [0.15, 0.2) is 0 Å². The first-order valence-corrected chi connectivity index (χ1v) is 7.63. The summed E-state index contributed by atoms with van der Waals surface area (Å²) in [6.07, 6.45) is 7.47. The molecule has 0 aliphatic carbocycles. The van der Waals surface area contributed by atoms with Crippen molar-refractivity contribution < 1.29 is 4.74 Å². The van der Waals surface area contributed by atoms with Crippen LogP contribution < -0.4 is 10.1 Å². The van der Waals surface area contributed by atoms with Crippen LogP contribution in [0.15, 0.2) is 12.4 Å². The zero-order valence-corrected chi connectivity index (χ0v) is 12.6. The first-order chi connectivity index (χ1) is 9.74. The average Bonchev–Trinajstić information content (AvgIpc) is 2.47. The summed E-state index contributed by atoms with van der Waals surface area (Å²) in [5.74, 6) is 0.630. The molecule has 1 saturated heterocycles. The number of nitrogens with one attached hydrogen (secondary N) is 1. The van der Waals surface area contributed by atoms with Gasteiger partial charge in [-0.15, -0.1) is 0 Å². The third-order valence-electron chi connectivity index (χ3n) is 3.46. The van der Waals surface area contributed by atoms with Crippen molar-refractivity contribution in [3.8, 4) is 5.88 Å². The molecule has 0 bridgehead atoms. The number of piperidine rings is 1. The van der Waals surface area contributed by atoms with Gasteiger partial charge in [-0.1, -0.05) is 20.3 Å². The zero-order valence-electron chi connectivity index (χ0n) is 12.6. The minimum absolute atomic E-state index is 0.445. The standard InChI is InChI=1S/C15H26N4O/c1-13(2)17-11-14-10-16-12-15(18-14)20-9-8-19-6-4-3-5-7-19/h10,12-13,17H,3-9,11H2,1-2H3. The molecule has 20 heavy (non-hydrogen) atoms. The summed E-state index contributed by atoms with van der Waals surface area (Å²) < 4.78 is 5.71. The van der Waals surface area contributed by atoms with Crippen molar-refractivity contribution in [3.63, 3.8) is 0 Å². The van der Waals surface area contributed by atoms with E-state index in [0.29, 0.717) is 18.5 Å². The first-order valence-electron chi connectivity index (χ1n) is 7.63. The van der Waals surface area contributed by atoms with Crippen LogP contribution in [0.25, 0.3) is 0 Å². The summed E-state index contributed by atoms with van der Waals surface area (Å²) in [4.78, 5) is 11.1. The lowest BCUT2D eigenvalue weighted by Gasteiger charge is -2.25. The van der Waals surface area contributed by atoms with Crippen molar-refractivity contribution in [2.75, 3.05) is 26.2 Å². The van der Waals surface area contributed by atoms with E-state index in [-0.39, 0.29) is 0 Å². The van der Waals surface area contributed by atoms with Crippen LogP contribution in [0.3, 0.4) is 0 Å². The number of ether oxygens (including phenoxy) is 1. The SMILES string of the molecule is CC(C)NCc1cncc(OCCN2CCCCC2)n1. The Hall–Kier alpha value is -1.20. The number of hydrogen-bond donors (Lipinski definition) is 1. The number of hydrogen-bond acceptors (Lipinski definition) is 5. The van der Waals surface area contributed by atoms with Crippen molar-refractivity contribution >= 4 is 0 Å². The van der Waals surface area contributed by atoms with Gasteiger partial charge in [0, 0.05) is 25.3 Å². The molecule has 2 heterocycles. The van der Waals surface area contributed by atoms with Crippen LogP contribution in [-0.2, 0) is 6.54 Å². The van der Waals surface area contributed by atoms with Gasteiger partial charge in [0.05, 0.1) is 11.9 Å². The highest BCUT2D eigenvalue weighted by Crippen LogP contribution is 2.09. The second kappa shape index (κ2) is 8.17. The van der Waals surface area contributed by atoms with Crippen molar-refractivity contribution in [1.82, 2.24) is 20.2 Å². The van der Waals surface area contributed by atoms with Gasteiger partial charge in [-0.05, 0) is 25.9 Å². The lowest BCUT2D eigenvalue weighted by Crippen LogP contribution is -2.33. The quantitative estimate of drug-likeness (QED) is 0.825. The number of likely N-dealkylation sites (tertiary alicyclic amines) is 1. The zero-order chi connectivity index (χ0) is 14.2. The van der Waals surface area contributed by atoms with Crippen LogP contribution in [0.5, 0.6) is 5.88 Å². The molecule has 0 amide bonds. The normalized spacial score (nSPS) is 16.6. The van der Waals surface area contributed by atoms with Gasteiger partial charge >= 0.3 is 0 Å². The molecule has 0 spiro atoms. The van der Waals surface area contributed by atoms with E-state index >= 15 is 0 Å². The van der Waals surface area contributed by atoms with E-state index in [1.807, 2.05) is 0 Å². The topological polar surface area (TPSA) is 50.3 Å². The largest absolute Gasteiger partial charge is 0.475 e. The van der Waals surface area contributed by atoms with E-state index in [0.717, 1.165) is 18.8 Å². The molecule has 5 nitrogen and oxygen atoms in total. The molecule has 0 radical (unpaired) electrons. The van der Waals surface area contributed by atoms with Crippen LogP contribution in [-0.4, -0.2) is 47.2 Å². The van der Waals surface area contributed by atoms with E-state index in [2.05, 4.69) is 34.0 Å². The molecule has 0 aromatic carbocycles. The molecule has 1 aliphatic rings. The summed E-state index contributed by atoms with van der Waals surface area (Å²) in [6.45, 7) is 9.04. The molecule has 0 unspecified atom stereocenters. The van der Waals surface area contributed by atoms with Gasteiger partial charge in [0.1, 0.15) is 6.61 Å². The average molecular weight is 278 g/mol. The minimum atomic E-state index is 0.445. The fraction of sp³-hybridized carbons (Fsp3) is 0.733. The van der Waals surface area contributed by atoms with Crippen LogP contribution in [0.2, 0.25) is 0 Å². The van der Waals surface area contributed by atoms with E-state index in [4.69, 9.17) is 4.74 Å². The second-order valence-electron chi connectivity index (χ2n) is 5.64. The Kier molecular flexibility index (Phi) is 6.21. The highest BCUT2D eigenvalue weighted by atomic mass is 16.5. The van der Waals surface area contributed by atoms with Crippen LogP contribution in [0, 0.1) is 0 Å². The van der Waals surface area contributed by atoms with Crippen molar-refractivity contribution in [3.05, 3.63) is 18.1 Å². The predicted octanol–water partition coefficient (Wildman–Crippen LogP) is 1.84. The molecule has 1 aromatic heterocycles. The Morgan fingerprint density at radius 2 is 2.05 bits per heavy atom. The number of rotatable bonds is 7. The highest BCUT2D eigenvalue weighted by Gasteiger charge is 2.09. The summed E-state index contributed by atoms with van der Waals surface area (Å²) in [7, 11) is 0. The van der Waals surface area contributed by atoms with Crippen LogP contribution >= 0.6 is 0 Å². The summed E-state index contributed by atoms with van der Waals surface area (Å²) >= 11 is 0. The molecule has 1 fully saturated rings. The maximum absolute atomic E-state index is 5.71. The number of nitrogens with zero attached hydrogens (tertiary/aromatic N) is 3. The van der Waals surface area contributed by atoms with Gasteiger partial charge in [0.25, 0.3) is 0 Å². The summed E-state index contributed by atoms with van der Waals surface area (Å²) in [5.41, 5.74) is 0.925. The van der Waals surface area contributed by atoms with Gasteiger partial charge < -0.3 is 10.1 Å². The smallest absolute Gasteiger partial charge is 0.232 e. The molecule has 112 valence electrons. The molecular formula is C15H26N4O. The van der Waals surface area contributed by atoms with E-state index in [1.165, 1.54) is 32.4 Å². The molecule has 1 aromatic rings. The van der Waals surface area contributed by atoms with E-state index in [9.17, 15) is 0 Å². The van der Waals surface area contributed by atoms with Crippen molar-refractivity contribution in [1.29, 1.82) is 0 Å². The molecule has 0 saturated carbocycles. The molecular weight excluding hydrogens is 252 g/mol. The van der Waals surface area contributed by atoms with Gasteiger partial charge in [-0.3, -0.25) is 9.88 Å². The maximum Gasteiger partial charge on any atom is 0.232 e. The van der Waals surface area contributed by atoms with Gasteiger partial charge in [-0.2, -0.15) is 0 Å². The molecule has 5 heteroatoms. The summed E-state index contributed by atoms with van der Waals surface area (Å²) in [6, 6.07) is 0.445. The Bertz CT molecular complexity index is 391. The maximum atomic E-state index is 5.71. The van der Waals surface area contributed by atoms with Gasteiger partial charge in [-0.25, -0.2) is 4.98 Å². The predicted molar refractivity (Wildman–Crippen MR) is 79.8 cm³/mol. The number of aromatic nitrogens is 2. The Labute approximate surface area is 121 Å². The first kappa shape index (κ1) is 15.2. The molecule has 1 N–H and O–H groups in total. The minimum Gasteiger partial charge on any atom is -0.475 e. The van der Waals surface area contributed by atoms with Crippen LogP contribution in [0.1, 0.15) is 38.8 Å². The van der Waals surface area contributed by atoms with Crippen molar-refractivity contribution in [2.24, 2.45) is 0 Å². The highest BCUT2D eigenvalue weighted by molar-refractivity contribution is 5.08. The lowest BCUT2D eigenvalue weighted by molar-refractivity contribution is 0.180. The third kappa shape index (κ3) is 5.43. The lowest BCUT2D eigenvalue weighted by atomic mass is 10.1. The molecule has 2 rings (SSSR count). The fourth-order valence-electron chi connectivity index (χ4n) is 2.31. The summed E-state index contributed by atoms with van der Waals surface area (Å²) in [5, 5.41) is 3.33. The van der Waals surface area contributed by atoms with E-state index < -0.39 is 0 Å². The fourth-order valence-corrected chi connectivity index (χ4v) is 2.31. The van der Waals surface area contributed by atoms with E-state index in [1.54, 1.807) is 12.4 Å². The molecule has 1 aliphatic heterocycles. The molecule has 0 atom stereocenters. The Morgan fingerprint density at radius 1 is 1.25 bits per heavy atom. The van der Waals surface area contributed by atoms with Crippen LogP contribution in [0.4, 0.5) is 0 Å². The van der Waals surface area contributed by atoms with Gasteiger partial charge in [0.2, 0.25) is 5.88 Å². The Morgan fingerprint density at radius 3 is 2.80 bits per heavy atom. The third-order valence-corrected chi connectivity index (χ3v) is 3.46.